The van der Waals surface area contributed by atoms with Crippen molar-refractivity contribution in [3.05, 3.63) is 35.9 Å². The first-order chi connectivity index (χ1) is 11.1. The van der Waals surface area contributed by atoms with Gasteiger partial charge in [-0.2, -0.15) is 0 Å². The Kier molecular flexibility index (Phi) is 3.76. The number of hydrogen-bond donors (Lipinski definition) is 1. The lowest BCUT2D eigenvalue weighted by molar-refractivity contribution is -0.0101. The molecule has 2 saturated heterocycles. The molecule has 0 radical (unpaired) electrons. The van der Waals surface area contributed by atoms with Crippen molar-refractivity contribution >= 4 is 6.09 Å². The van der Waals surface area contributed by atoms with Gasteiger partial charge in [0.25, 0.3) is 0 Å². The van der Waals surface area contributed by atoms with Crippen LogP contribution in [0.4, 0.5) is 9.18 Å². The lowest BCUT2D eigenvalue weighted by Gasteiger charge is -2.44. The molecule has 2 aliphatic heterocycles. The number of carbonyl (C=O) groups is 1. The number of alkyl halides is 1. The summed E-state index contributed by atoms with van der Waals surface area (Å²) in [6, 6.07) is 10.1. The van der Waals surface area contributed by atoms with Crippen molar-refractivity contribution < 1.29 is 14.3 Å². The Hall–Kier alpha value is -1.62. The van der Waals surface area contributed by atoms with E-state index in [2.05, 4.69) is 17.0 Å². The second-order valence-electron chi connectivity index (χ2n) is 7.12. The van der Waals surface area contributed by atoms with Crippen LogP contribution in [0.2, 0.25) is 0 Å². The summed E-state index contributed by atoms with van der Waals surface area (Å²) in [4.78, 5) is 15.1. The third-order valence-electron chi connectivity index (χ3n) is 5.67. The van der Waals surface area contributed by atoms with Gasteiger partial charge in [0.1, 0.15) is 6.17 Å². The first-order valence-corrected chi connectivity index (χ1v) is 8.60. The maximum atomic E-state index is 15.1. The Labute approximate surface area is 135 Å². The number of hydrogen-bond acceptors (Lipinski definition) is 2. The van der Waals surface area contributed by atoms with E-state index in [4.69, 9.17) is 0 Å². The van der Waals surface area contributed by atoms with Gasteiger partial charge in [0.2, 0.25) is 0 Å². The van der Waals surface area contributed by atoms with Crippen LogP contribution >= 0.6 is 0 Å². The molecule has 124 valence electrons. The van der Waals surface area contributed by atoms with E-state index in [9.17, 15) is 9.90 Å². The van der Waals surface area contributed by atoms with E-state index in [0.717, 1.165) is 25.8 Å². The molecule has 0 spiro atoms. The van der Waals surface area contributed by atoms with E-state index >= 15 is 4.39 Å². The molecule has 1 N–H and O–H groups in total. The van der Waals surface area contributed by atoms with Crippen molar-refractivity contribution in [1.82, 2.24) is 9.80 Å². The number of fused-ring (bicyclic) bond motifs is 2. The summed E-state index contributed by atoms with van der Waals surface area (Å²) in [5.41, 5.74) is 1.21. The first kappa shape index (κ1) is 14.9. The van der Waals surface area contributed by atoms with Crippen molar-refractivity contribution in [2.75, 3.05) is 0 Å². The molecule has 1 aromatic carbocycles. The minimum atomic E-state index is -1.07. The van der Waals surface area contributed by atoms with E-state index < -0.39 is 18.3 Å². The number of nitrogens with zero attached hydrogens (tertiary/aromatic N) is 2. The summed E-state index contributed by atoms with van der Waals surface area (Å²) in [6.07, 6.45) is 2.33. The molecule has 1 saturated carbocycles. The molecule has 0 unspecified atom stereocenters. The van der Waals surface area contributed by atoms with Crippen molar-refractivity contribution in [2.24, 2.45) is 0 Å². The summed E-state index contributed by atoms with van der Waals surface area (Å²) in [5, 5.41) is 9.36. The van der Waals surface area contributed by atoms with Crippen LogP contribution in [0.3, 0.4) is 0 Å². The molecule has 5 heteroatoms. The zero-order valence-corrected chi connectivity index (χ0v) is 13.1. The topological polar surface area (TPSA) is 43.8 Å². The highest BCUT2D eigenvalue weighted by atomic mass is 19.1. The molecule has 2 heterocycles. The van der Waals surface area contributed by atoms with Crippen LogP contribution < -0.4 is 0 Å². The van der Waals surface area contributed by atoms with Gasteiger partial charge < -0.3 is 5.11 Å². The summed E-state index contributed by atoms with van der Waals surface area (Å²) in [6.45, 7) is 0.767. The van der Waals surface area contributed by atoms with Gasteiger partial charge in [0, 0.05) is 24.7 Å². The van der Waals surface area contributed by atoms with Gasteiger partial charge >= 0.3 is 6.09 Å². The lowest BCUT2D eigenvalue weighted by atomic mass is 9.93. The SMILES string of the molecule is O=C(O)N1[C@H]2CC[C@@H]1[C@@H](F)[C@@H](N(Cc1ccccc1)C1CC1)C2. The van der Waals surface area contributed by atoms with E-state index in [1.807, 2.05) is 18.2 Å². The minimum Gasteiger partial charge on any atom is -0.465 e. The highest BCUT2D eigenvalue weighted by molar-refractivity contribution is 5.67. The second-order valence-corrected chi connectivity index (χ2v) is 7.12. The maximum Gasteiger partial charge on any atom is 0.407 e. The van der Waals surface area contributed by atoms with E-state index in [-0.39, 0.29) is 12.1 Å². The molecular formula is C18H23FN2O2. The monoisotopic (exact) mass is 318 g/mol. The molecular weight excluding hydrogens is 295 g/mol. The normalized spacial score (nSPS) is 33.2. The zero-order chi connectivity index (χ0) is 16.0. The molecule has 4 rings (SSSR count). The molecule has 1 amide bonds. The van der Waals surface area contributed by atoms with Crippen molar-refractivity contribution in [1.29, 1.82) is 0 Å². The predicted molar refractivity (Wildman–Crippen MR) is 85.0 cm³/mol. The summed E-state index contributed by atoms with van der Waals surface area (Å²) in [7, 11) is 0. The number of piperidine rings is 1. The van der Waals surface area contributed by atoms with Crippen molar-refractivity contribution in [3.63, 3.8) is 0 Å². The van der Waals surface area contributed by atoms with Gasteiger partial charge in [-0.25, -0.2) is 9.18 Å². The average molecular weight is 318 g/mol. The van der Waals surface area contributed by atoms with Crippen LogP contribution in [0, 0.1) is 0 Å². The van der Waals surface area contributed by atoms with Crippen LogP contribution in [0.15, 0.2) is 30.3 Å². The van der Waals surface area contributed by atoms with Crippen LogP contribution in [0.5, 0.6) is 0 Å². The average Bonchev–Trinajstić information content (AvgIpc) is 3.32. The zero-order valence-electron chi connectivity index (χ0n) is 13.1. The van der Waals surface area contributed by atoms with Crippen LogP contribution in [0.25, 0.3) is 0 Å². The Bertz CT molecular complexity index is 578. The molecule has 0 aromatic heterocycles. The summed E-state index contributed by atoms with van der Waals surface area (Å²) in [5.74, 6) is 0. The highest BCUT2D eigenvalue weighted by Gasteiger charge is 2.53. The summed E-state index contributed by atoms with van der Waals surface area (Å²) < 4.78 is 15.1. The maximum absolute atomic E-state index is 15.1. The Morgan fingerprint density at radius 1 is 1.22 bits per heavy atom. The van der Waals surface area contributed by atoms with E-state index in [1.54, 1.807) is 0 Å². The molecule has 3 fully saturated rings. The van der Waals surface area contributed by atoms with E-state index in [1.165, 1.54) is 10.5 Å². The highest BCUT2D eigenvalue weighted by Crippen LogP contribution is 2.42. The van der Waals surface area contributed by atoms with Crippen molar-refractivity contribution in [3.8, 4) is 0 Å². The molecule has 4 atom stereocenters. The fourth-order valence-corrected chi connectivity index (χ4v) is 4.46. The minimum absolute atomic E-state index is 0.00785. The molecule has 4 nitrogen and oxygen atoms in total. The molecule has 3 aliphatic rings. The number of halogens is 1. The number of carboxylic acid groups (broad SMARTS) is 1. The van der Waals surface area contributed by atoms with Crippen LogP contribution in [-0.4, -0.2) is 51.3 Å². The predicted octanol–water partition coefficient (Wildman–Crippen LogP) is 3.27. The van der Waals surface area contributed by atoms with Crippen LogP contribution in [0.1, 0.15) is 37.7 Å². The van der Waals surface area contributed by atoms with Crippen molar-refractivity contribution in [2.45, 2.75) is 69.0 Å². The van der Waals surface area contributed by atoms with Crippen LogP contribution in [-0.2, 0) is 6.54 Å². The molecule has 2 bridgehead atoms. The third kappa shape index (κ3) is 2.71. The molecule has 23 heavy (non-hydrogen) atoms. The first-order valence-electron chi connectivity index (χ1n) is 8.60. The fourth-order valence-electron chi connectivity index (χ4n) is 4.46. The van der Waals surface area contributed by atoms with Gasteiger partial charge in [0.15, 0.2) is 0 Å². The Morgan fingerprint density at radius 2 is 1.96 bits per heavy atom. The number of rotatable bonds is 4. The van der Waals surface area contributed by atoms with E-state index in [0.29, 0.717) is 18.9 Å². The smallest absolute Gasteiger partial charge is 0.407 e. The summed E-state index contributed by atoms with van der Waals surface area (Å²) >= 11 is 0. The molecule has 1 aliphatic carbocycles. The van der Waals surface area contributed by atoms with Gasteiger partial charge in [-0.05, 0) is 37.7 Å². The van der Waals surface area contributed by atoms with Gasteiger partial charge in [-0.3, -0.25) is 9.80 Å². The van der Waals surface area contributed by atoms with Gasteiger partial charge in [-0.15, -0.1) is 0 Å². The molecule has 1 aromatic rings. The standard InChI is InChI=1S/C18H23FN2O2/c19-17-15-9-8-14(21(15)18(22)23)10-16(17)20(13-6-7-13)11-12-4-2-1-3-5-12/h1-5,13-17H,6-11H2,(H,22,23)/t14-,15+,16-,17+/m0/s1. The fraction of sp³-hybridized carbons (Fsp3) is 0.611. The van der Waals surface area contributed by atoms with Gasteiger partial charge in [0.05, 0.1) is 6.04 Å². The number of benzene rings is 1. The number of amides is 1. The lowest BCUT2D eigenvalue weighted by Crippen LogP contribution is -2.59. The van der Waals surface area contributed by atoms with Gasteiger partial charge in [-0.1, -0.05) is 30.3 Å². The second kappa shape index (κ2) is 5.78. The quantitative estimate of drug-likeness (QED) is 0.926. The Morgan fingerprint density at radius 3 is 2.61 bits per heavy atom. The largest absolute Gasteiger partial charge is 0.465 e. The third-order valence-corrected chi connectivity index (χ3v) is 5.67. The Balaban J connectivity index is 1.55.